The van der Waals surface area contributed by atoms with Crippen LogP contribution in [0, 0.1) is 5.92 Å². The van der Waals surface area contributed by atoms with Crippen LogP contribution in [0.5, 0.6) is 0 Å². The second-order valence-electron chi connectivity index (χ2n) is 5.19. The topological polar surface area (TPSA) is 29.3 Å². The van der Waals surface area contributed by atoms with Gasteiger partial charge in [-0.05, 0) is 45.7 Å². The zero-order valence-corrected chi connectivity index (χ0v) is 11.1. The fourth-order valence-corrected chi connectivity index (χ4v) is 1.84. The lowest BCUT2D eigenvalue weighted by atomic mass is 10.1. The van der Waals surface area contributed by atoms with Gasteiger partial charge >= 0.3 is 0 Å². The van der Waals surface area contributed by atoms with Gasteiger partial charge in [-0.25, -0.2) is 0 Å². The van der Waals surface area contributed by atoms with E-state index in [1.807, 2.05) is 0 Å². The van der Waals surface area contributed by atoms with E-state index in [-0.39, 0.29) is 0 Å². The standard InChI is InChI=1S/C13H30N2/c1-12(2)11-15(13(3)4)10-8-6-5-7-9-14/h12-13H,5-11,14H2,1-4H3. The molecule has 0 aromatic carbocycles. The van der Waals surface area contributed by atoms with Gasteiger partial charge in [0.15, 0.2) is 0 Å². The van der Waals surface area contributed by atoms with Gasteiger partial charge in [0.1, 0.15) is 0 Å². The van der Waals surface area contributed by atoms with Gasteiger partial charge in [-0.2, -0.15) is 0 Å². The molecule has 0 bridgehead atoms. The van der Waals surface area contributed by atoms with Crippen molar-refractivity contribution in [3.05, 3.63) is 0 Å². The molecule has 0 aliphatic heterocycles. The van der Waals surface area contributed by atoms with Crippen LogP contribution in [-0.4, -0.2) is 30.6 Å². The molecule has 0 rings (SSSR count). The van der Waals surface area contributed by atoms with Crippen LogP contribution in [0.2, 0.25) is 0 Å². The van der Waals surface area contributed by atoms with Crippen LogP contribution in [0.15, 0.2) is 0 Å². The molecule has 0 heterocycles. The van der Waals surface area contributed by atoms with Crippen molar-refractivity contribution in [2.24, 2.45) is 11.7 Å². The maximum absolute atomic E-state index is 5.47. The van der Waals surface area contributed by atoms with Gasteiger partial charge in [0, 0.05) is 12.6 Å². The summed E-state index contributed by atoms with van der Waals surface area (Å²) in [6.07, 6.45) is 5.14. The van der Waals surface area contributed by atoms with Crippen LogP contribution in [0.1, 0.15) is 53.4 Å². The summed E-state index contributed by atoms with van der Waals surface area (Å²) in [6, 6.07) is 0.682. The molecule has 0 atom stereocenters. The first-order chi connectivity index (χ1) is 7.07. The molecule has 92 valence electrons. The Morgan fingerprint density at radius 3 is 2.00 bits per heavy atom. The number of unbranched alkanes of at least 4 members (excludes halogenated alkanes) is 3. The van der Waals surface area contributed by atoms with Crippen molar-refractivity contribution in [1.82, 2.24) is 4.90 Å². The van der Waals surface area contributed by atoms with Gasteiger partial charge in [0.2, 0.25) is 0 Å². The highest BCUT2D eigenvalue weighted by atomic mass is 15.1. The fraction of sp³-hybridized carbons (Fsp3) is 1.00. The molecule has 2 heteroatoms. The van der Waals surface area contributed by atoms with E-state index in [1.165, 1.54) is 38.8 Å². The zero-order valence-electron chi connectivity index (χ0n) is 11.1. The quantitative estimate of drug-likeness (QED) is 0.598. The highest BCUT2D eigenvalue weighted by Gasteiger charge is 2.10. The van der Waals surface area contributed by atoms with Crippen molar-refractivity contribution in [2.75, 3.05) is 19.6 Å². The average Bonchev–Trinajstić information content (AvgIpc) is 2.15. The third kappa shape index (κ3) is 8.88. The van der Waals surface area contributed by atoms with E-state index in [4.69, 9.17) is 5.73 Å². The van der Waals surface area contributed by atoms with Crippen LogP contribution in [0.4, 0.5) is 0 Å². The predicted octanol–water partition coefficient (Wildman–Crippen LogP) is 2.87. The molecular weight excluding hydrogens is 184 g/mol. The summed E-state index contributed by atoms with van der Waals surface area (Å²) in [4.78, 5) is 2.59. The zero-order chi connectivity index (χ0) is 11.7. The Labute approximate surface area is 96.2 Å². The smallest absolute Gasteiger partial charge is 0.00387 e. The summed E-state index contributed by atoms with van der Waals surface area (Å²) in [5.41, 5.74) is 5.47. The Bertz CT molecular complexity index is 132. The Morgan fingerprint density at radius 2 is 1.53 bits per heavy atom. The Hall–Kier alpha value is -0.0800. The second kappa shape index (κ2) is 9.17. The molecule has 0 saturated heterocycles. The Morgan fingerprint density at radius 1 is 0.933 bits per heavy atom. The molecule has 2 N–H and O–H groups in total. The van der Waals surface area contributed by atoms with Crippen molar-refractivity contribution >= 4 is 0 Å². The summed E-state index contributed by atoms with van der Waals surface area (Å²) in [5, 5.41) is 0. The number of hydrogen-bond acceptors (Lipinski definition) is 2. The lowest BCUT2D eigenvalue weighted by Crippen LogP contribution is -2.34. The van der Waals surface area contributed by atoms with Crippen LogP contribution in [-0.2, 0) is 0 Å². The second-order valence-corrected chi connectivity index (χ2v) is 5.19. The van der Waals surface area contributed by atoms with E-state index in [0.717, 1.165) is 12.5 Å². The van der Waals surface area contributed by atoms with Crippen molar-refractivity contribution in [3.8, 4) is 0 Å². The van der Waals surface area contributed by atoms with Crippen LogP contribution in [0.25, 0.3) is 0 Å². The van der Waals surface area contributed by atoms with Crippen LogP contribution in [0.3, 0.4) is 0 Å². The minimum absolute atomic E-state index is 0.682. The first-order valence-electron chi connectivity index (χ1n) is 6.52. The highest BCUT2D eigenvalue weighted by molar-refractivity contribution is 4.64. The minimum atomic E-state index is 0.682. The maximum Gasteiger partial charge on any atom is 0.00387 e. The highest BCUT2D eigenvalue weighted by Crippen LogP contribution is 2.07. The van der Waals surface area contributed by atoms with Gasteiger partial charge < -0.3 is 10.6 Å². The monoisotopic (exact) mass is 214 g/mol. The van der Waals surface area contributed by atoms with E-state index in [2.05, 4.69) is 32.6 Å². The molecule has 0 aromatic rings. The lowest BCUT2D eigenvalue weighted by molar-refractivity contribution is 0.193. The van der Waals surface area contributed by atoms with Gasteiger partial charge in [-0.3, -0.25) is 0 Å². The molecular formula is C13H30N2. The number of nitrogens with two attached hydrogens (primary N) is 1. The molecule has 2 nitrogen and oxygen atoms in total. The van der Waals surface area contributed by atoms with Crippen molar-refractivity contribution < 1.29 is 0 Å². The molecule has 0 spiro atoms. The van der Waals surface area contributed by atoms with Crippen molar-refractivity contribution in [2.45, 2.75) is 59.4 Å². The fourth-order valence-electron chi connectivity index (χ4n) is 1.84. The molecule has 0 radical (unpaired) electrons. The van der Waals surface area contributed by atoms with E-state index >= 15 is 0 Å². The molecule has 0 amide bonds. The summed E-state index contributed by atoms with van der Waals surface area (Å²) in [6.45, 7) is 12.5. The predicted molar refractivity (Wildman–Crippen MR) is 69.1 cm³/mol. The molecule has 0 unspecified atom stereocenters. The van der Waals surface area contributed by atoms with E-state index < -0.39 is 0 Å². The Balaban J connectivity index is 3.58. The summed E-state index contributed by atoms with van der Waals surface area (Å²) < 4.78 is 0. The average molecular weight is 214 g/mol. The van der Waals surface area contributed by atoms with E-state index in [1.54, 1.807) is 0 Å². The summed E-state index contributed by atoms with van der Waals surface area (Å²) in [7, 11) is 0. The van der Waals surface area contributed by atoms with Crippen LogP contribution >= 0.6 is 0 Å². The minimum Gasteiger partial charge on any atom is -0.330 e. The number of rotatable bonds is 9. The molecule has 0 fully saturated rings. The third-order valence-corrected chi connectivity index (χ3v) is 2.73. The lowest BCUT2D eigenvalue weighted by Gasteiger charge is -2.28. The van der Waals surface area contributed by atoms with E-state index in [9.17, 15) is 0 Å². The van der Waals surface area contributed by atoms with Gasteiger partial charge in [-0.1, -0.05) is 26.7 Å². The molecule has 0 aliphatic rings. The molecule has 0 saturated carbocycles. The van der Waals surface area contributed by atoms with Crippen LogP contribution < -0.4 is 5.73 Å². The number of hydrogen-bond donors (Lipinski definition) is 1. The largest absolute Gasteiger partial charge is 0.330 e. The third-order valence-electron chi connectivity index (χ3n) is 2.73. The number of nitrogens with zero attached hydrogens (tertiary/aromatic N) is 1. The first kappa shape index (κ1) is 14.9. The van der Waals surface area contributed by atoms with Crippen molar-refractivity contribution in [1.29, 1.82) is 0 Å². The van der Waals surface area contributed by atoms with E-state index in [0.29, 0.717) is 6.04 Å². The summed E-state index contributed by atoms with van der Waals surface area (Å²) in [5.74, 6) is 0.774. The molecule has 0 aliphatic carbocycles. The normalized spacial score (nSPS) is 12.0. The van der Waals surface area contributed by atoms with Gasteiger partial charge in [0.25, 0.3) is 0 Å². The molecule has 0 aromatic heterocycles. The van der Waals surface area contributed by atoms with Gasteiger partial charge in [0.05, 0.1) is 0 Å². The SMILES string of the molecule is CC(C)CN(CCCCCCN)C(C)C. The first-order valence-corrected chi connectivity index (χ1v) is 6.52. The summed E-state index contributed by atoms with van der Waals surface area (Å²) >= 11 is 0. The maximum atomic E-state index is 5.47. The molecule has 15 heavy (non-hydrogen) atoms. The van der Waals surface area contributed by atoms with Crippen molar-refractivity contribution in [3.63, 3.8) is 0 Å². The Kier molecular flexibility index (Phi) is 9.12. The van der Waals surface area contributed by atoms with Gasteiger partial charge in [-0.15, -0.1) is 0 Å².